The highest BCUT2D eigenvalue weighted by Gasteiger charge is 2.12. The van der Waals surface area contributed by atoms with Crippen LogP contribution in [0.4, 0.5) is 10.8 Å². The molecule has 1 aliphatic rings. The molecule has 126 valence electrons. The largest absolute Gasteiger partial charge is 0.332 e. The van der Waals surface area contributed by atoms with Crippen molar-refractivity contribution in [3.8, 4) is 11.3 Å². The van der Waals surface area contributed by atoms with Crippen LogP contribution in [0.15, 0.2) is 47.8 Å². The van der Waals surface area contributed by atoms with Gasteiger partial charge in [0.25, 0.3) is 0 Å². The van der Waals surface area contributed by atoms with Crippen LogP contribution in [0.1, 0.15) is 41.3 Å². The summed E-state index contributed by atoms with van der Waals surface area (Å²) in [5.74, 6) is 0.0792. The second kappa shape index (κ2) is 6.81. The summed E-state index contributed by atoms with van der Waals surface area (Å²) < 4.78 is 0. The number of nitrogens with one attached hydrogen (secondary N) is 1. The van der Waals surface area contributed by atoms with E-state index in [4.69, 9.17) is 4.98 Å². The number of ketones is 1. The lowest BCUT2D eigenvalue weighted by Crippen LogP contribution is -2.02. The van der Waals surface area contributed by atoms with Gasteiger partial charge in [-0.1, -0.05) is 12.1 Å². The van der Waals surface area contributed by atoms with Crippen LogP contribution in [-0.4, -0.2) is 10.8 Å². The van der Waals surface area contributed by atoms with E-state index in [1.165, 1.54) is 42.4 Å². The van der Waals surface area contributed by atoms with Crippen LogP contribution in [0.25, 0.3) is 11.3 Å². The predicted octanol–water partition coefficient (Wildman–Crippen LogP) is 5.64. The molecule has 0 amide bonds. The molecule has 3 aromatic rings. The summed E-state index contributed by atoms with van der Waals surface area (Å²) >= 11 is 1.60. The van der Waals surface area contributed by atoms with Gasteiger partial charge in [-0.15, -0.1) is 11.3 Å². The van der Waals surface area contributed by atoms with Crippen LogP contribution in [-0.2, 0) is 12.8 Å². The third-order valence-corrected chi connectivity index (χ3v) is 5.45. The number of Topliss-reactive ketones (excluding diaryl/α,β-unsaturated/α-hetero) is 1. The van der Waals surface area contributed by atoms with Gasteiger partial charge in [0.15, 0.2) is 10.9 Å². The number of hydrogen-bond donors (Lipinski definition) is 1. The molecule has 2 aromatic carbocycles. The predicted molar refractivity (Wildman–Crippen MR) is 104 cm³/mol. The van der Waals surface area contributed by atoms with E-state index >= 15 is 0 Å². The van der Waals surface area contributed by atoms with E-state index < -0.39 is 0 Å². The molecule has 25 heavy (non-hydrogen) atoms. The number of aryl methyl sites for hydroxylation is 2. The Hall–Kier alpha value is -2.46. The average molecular weight is 348 g/mol. The first kappa shape index (κ1) is 16.0. The van der Waals surface area contributed by atoms with Gasteiger partial charge in [-0.25, -0.2) is 4.98 Å². The monoisotopic (exact) mass is 348 g/mol. The third kappa shape index (κ3) is 3.49. The van der Waals surface area contributed by atoms with Gasteiger partial charge in [0.1, 0.15) is 0 Å². The van der Waals surface area contributed by atoms with Crippen molar-refractivity contribution >= 4 is 27.9 Å². The molecule has 1 aromatic heterocycles. The Bertz CT molecular complexity index is 912. The lowest BCUT2D eigenvalue weighted by atomic mass is 9.90. The average Bonchev–Trinajstić information content (AvgIpc) is 3.10. The van der Waals surface area contributed by atoms with Crippen molar-refractivity contribution in [1.82, 2.24) is 4.98 Å². The maximum Gasteiger partial charge on any atom is 0.187 e. The summed E-state index contributed by atoms with van der Waals surface area (Å²) in [5.41, 5.74) is 6.84. The van der Waals surface area contributed by atoms with Crippen LogP contribution in [0, 0.1) is 0 Å². The summed E-state index contributed by atoms with van der Waals surface area (Å²) in [6.45, 7) is 1.58. The van der Waals surface area contributed by atoms with Gasteiger partial charge in [0.2, 0.25) is 0 Å². The number of hydrogen-bond acceptors (Lipinski definition) is 4. The fourth-order valence-electron chi connectivity index (χ4n) is 3.27. The van der Waals surface area contributed by atoms with Crippen LogP contribution in [0.2, 0.25) is 0 Å². The molecule has 0 aliphatic heterocycles. The van der Waals surface area contributed by atoms with Crippen molar-refractivity contribution in [2.45, 2.75) is 32.6 Å². The molecule has 0 radical (unpaired) electrons. The maximum atomic E-state index is 11.3. The molecular weight excluding hydrogens is 328 g/mol. The first-order valence-electron chi connectivity index (χ1n) is 8.65. The third-order valence-electron chi connectivity index (χ3n) is 4.69. The molecule has 0 bridgehead atoms. The first-order chi connectivity index (χ1) is 12.2. The molecule has 1 aliphatic carbocycles. The number of aromatic nitrogens is 1. The Morgan fingerprint density at radius 1 is 1.04 bits per heavy atom. The van der Waals surface area contributed by atoms with Crippen LogP contribution < -0.4 is 5.32 Å². The molecule has 1 N–H and O–H groups in total. The minimum atomic E-state index is 0.0792. The minimum Gasteiger partial charge on any atom is -0.332 e. The summed E-state index contributed by atoms with van der Waals surface area (Å²) in [5, 5.41) is 6.28. The summed E-state index contributed by atoms with van der Waals surface area (Å²) in [6, 6.07) is 14.2. The lowest BCUT2D eigenvalue weighted by Gasteiger charge is -2.16. The van der Waals surface area contributed by atoms with E-state index in [2.05, 4.69) is 28.9 Å². The Morgan fingerprint density at radius 2 is 1.80 bits per heavy atom. The Balaban J connectivity index is 1.53. The SMILES string of the molecule is CC(=O)c1ccc(Nc2nc(-c3ccc4c(c3)CCCC4)cs2)cc1. The second-order valence-corrected chi connectivity index (χ2v) is 7.35. The smallest absolute Gasteiger partial charge is 0.187 e. The maximum absolute atomic E-state index is 11.3. The molecule has 4 rings (SSSR count). The van der Waals surface area contributed by atoms with E-state index in [-0.39, 0.29) is 5.78 Å². The van der Waals surface area contributed by atoms with E-state index in [1.807, 2.05) is 24.3 Å². The highest BCUT2D eigenvalue weighted by Crippen LogP contribution is 2.30. The molecule has 0 saturated carbocycles. The van der Waals surface area contributed by atoms with Gasteiger partial charge >= 0.3 is 0 Å². The van der Waals surface area contributed by atoms with E-state index in [0.29, 0.717) is 0 Å². The number of carbonyl (C=O) groups is 1. The van der Waals surface area contributed by atoms with Gasteiger partial charge in [-0.2, -0.15) is 0 Å². The molecule has 3 nitrogen and oxygen atoms in total. The molecule has 0 spiro atoms. The van der Waals surface area contributed by atoms with Gasteiger partial charge in [0, 0.05) is 22.2 Å². The quantitative estimate of drug-likeness (QED) is 0.621. The zero-order valence-corrected chi connectivity index (χ0v) is 15.0. The van der Waals surface area contributed by atoms with Crippen molar-refractivity contribution in [1.29, 1.82) is 0 Å². The fraction of sp³-hybridized carbons (Fsp3) is 0.238. The number of thiazole rings is 1. The number of nitrogens with zero attached hydrogens (tertiary/aromatic N) is 1. The van der Waals surface area contributed by atoms with Crippen molar-refractivity contribution in [2.75, 3.05) is 5.32 Å². The topological polar surface area (TPSA) is 42.0 Å². The standard InChI is InChI=1S/C21H20N2OS/c1-14(24)15-8-10-19(11-9-15)22-21-23-20(13-25-21)18-7-6-16-4-2-3-5-17(16)12-18/h6-13H,2-5H2,1H3,(H,22,23). The first-order valence-corrected chi connectivity index (χ1v) is 9.53. The molecule has 0 atom stereocenters. The highest BCUT2D eigenvalue weighted by atomic mass is 32.1. The summed E-state index contributed by atoms with van der Waals surface area (Å²) in [6.07, 6.45) is 4.98. The molecule has 1 heterocycles. The Labute approximate surface area is 151 Å². The van der Waals surface area contributed by atoms with E-state index in [9.17, 15) is 4.79 Å². The molecular formula is C21H20N2OS. The molecule has 0 saturated heterocycles. The molecule has 0 unspecified atom stereocenters. The number of carbonyl (C=O) groups excluding carboxylic acids is 1. The van der Waals surface area contributed by atoms with Crippen LogP contribution >= 0.6 is 11.3 Å². The van der Waals surface area contributed by atoms with Gasteiger partial charge < -0.3 is 5.32 Å². The Kier molecular flexibility index (Phi) is 4.36. The number of fused-ring (bicyclic) bond motifs is 1. The van der Waals surface area contributed by atoms with E-state index in [1.54, 1.807) is 18.3 Å². The number of benzene rings is 2. The normalized spacial score (nSPS) is 13.3. The van der Waals surface area contributed by atoms with Gasteiger partial charge in [-0.3, -0.25) is 4.79 Å². The minimum absolute atomic E-state index is 0.0792. The number of rotatable bonds is 4. The van der Waals surface area contributed by atoms with Crippen molar-refractivity contribution in [2.24, 2.45) is 0 Å². The van der Waals surface area contributed by atoms with Gasteiger partial charge in [0.05, 0.1) is 5.69 Å². The van der Waals surface area contributed by atoms with Crippen LogP contribution in [0.5, 0.6) is 0 Å². The molecule has 4 heteroatoms. The van der Waals surface area contributed by atoms with Crippen molar-refractivity contribution in [3.63, 3.8) is 0 Å². The summed E-state index contributed by atoms with van der Waals surface area (Å²) in [7, 11) is 0. The van der Waals surface area contributed by atoms with Gasteiger partial charge in [-0.05, 0) is 74.1 Å². The van der Waals surface area contributed by atoms with Crippen molar-refractivity contribution < 1.29 is 4.79 Å². The second-order valence-electron chi connectivity index (χ2n) is 6.49. The number of anilines is 2. The molecule has 0 fully saturated rings. The van der Waals surface area contributed by atoms with Crippen LogP contribution in [0.3, 0.4) is 0 Å². The Morgan fingerprint density at radius 3 is 2.56 bits per heavy atom. The highest BCUT2D eigenvalue weighted by molar-refractivity contribution is 7.14. The van der Waals surface area contributed by atoms with Crippen molar-refractivity contribution in [3.05, 3.63) is 64.5 Å². The summed E-state index contributed by atoms with van der Waals surface area (Å²) in [4.78, 5) is 16.1. The zero-order valence-electron chi connectivity index (χ0n) is 14.2. The zero-order chi connectivity index (χ0) is 17.2. The van der Waals surface area contributed by atoms with E-state index in [0.717, 1.165) is 22.1 Å². The lowest BCUT2D eigenvalue weighted by molar-refractivity contribution is 0.101. The fourth-order valence-corrected chi connectivity index (χ4v) is 4.01.